The third-order valence-corrected chi connectivity index (χ3v) is 3.30. The quantitative estimate of drug-likeness (QED) is 0.844. The minimum absolute atomic E-state index is 0.132. The van der Waals surface area contributed by atoms with Gasteiger partial charge in [-0.25, -0.2) is 4.98 Å². The molecule has 1 saturated heterocycles. The largest absolute Gasteiger partial charge is 0.345 e. The van der Waals surface area contributed by atoms with E-state index in [1.165, 1.54) is 5.56 Å². The predicted molar refractivity (Wildman–Crippen MR) is 71.6 cm³/mol. The monoisotopic (exact) mass is 258 g/mol. The molecule has 2 unspecified atom stereocenters. The van der Waals surface area contributed by atoms with Crippen LogP contribution in [0.1, 0.15) is 12.5 Å². The molecule has 0 aliphatic carbocycles. The normalized spacial score (nSPS) is 26.7. The maximum atomic E-state index is 6.06. The molecule has 19 heavy (non-hydrogen) atoms. The Labute approximate surface area is 113 Å². The predicted octanol–water partition coefficient (Wildman–Crippen LogP) is 2.26. The van der Waals surface area contributed by atoms with Crippen LogP contribution in [0.25, 0.3) is 0 Å². The SMILES string of the molecule is CC1COC(Cc2ccccc2)(Cn2ccnc2)O1. The van der Waals surface area contributed by atoms with Gasteiger partial charge in [0, 0.05) is 18.8 Å². The van der Waals surface area contributed by atoms with Crippen LogP contribution < -0.4 is 0 Å². The maximum Gasteiger partial charge on any atom is 0.190 e. The summed E-state index contributed by atoms with van der Waals surface area (Å²) < 4.78 is 14.0. The van der Waals surface area contributed by atoms with E-state index in [0.29, 0.717) is 13.2 Å². The Hall–Kier alpha value is -1.65. The van der Waals surface area contributed by atoms with Gasteiger partial charge in [-0.1, -0.05) is 30.3 Å². The average Bonchev–Trinajstić information content (AvgIpc) is 3.02. The summed E-state index contributed by atoms with van der Waals surface area (Å²) in [5.74, 6) is -0.582. The fourth-order valence-electron chi connectivity index (χ4n) is 2.50. The first-order valence-electron chi connectivity index (χ1n) is 6.57. The molecule has 1 fully saturated rings. The molecule has 0 spiro atoms. The van der Waals surface area contributed by atoms with Crippen molar-refractivity contribution in [3.8, 4) is 0 Å². The smallest absolute Gasteiger partial charge is 0.190 e. The van der Waals surface area contributed by atoms with Crippen molar-refractivity contribution in [2.24, 2.45) is 0 Å². The van der Waals surface area contributed by atoms with Crippen molar-refractivity contribution in [3.05, 3.63) is 54.6 Å². The highest BCUT2D eigenvalue weighted by Gasteiger charge is 2.40. The van der Waals surface area contributed by atoms with Crippen molar-refractivity contribution in [1.82, 2.24) is 9.55 Å². The molecular weight excluding hydrogens is 240 g/mol. The summed E-state index contributed by atoms with van der Waals surface area (Å²) in [4.78, 5) is 4.07. The van der Waals surface area contributed by atoms with Gasteiger partial charge in [0.15, 0.2) is 5.79 Å². The Kier molecular flexibility index (Phi) is 3.36. The average molecular weight is 258 g/mol. The number of hydrogen-bond acceptors (Lipinski definition) is 3. The van der Waals surface area contributed by atoms with Crippen molar-refractivity contribution in [2.75, 3.05) is 6.61 Å². The fraction of sp³-hybridized carbons (Fsp3) is 0.400. The third kappa shape index (κ3) is 2.85. The van der Waals surface area contributed by atoms with E-state index in [4.69, 9.17) is 9.47 Å². The standard InChI is InChI=1S/C15H18N2O2/c1-13-10-18-15(19-13,11-17-8-7-16-12-17)9-14-5-3-2-4-6-14/h2-8,12-13H,9-11H2,1H3. The summed E-state index contributed by atoms with van der Waals surface area (Å²) in [5.41, 5.74) is 1.22. The van der Waals surface area contributed by atoms with Gasteiger partial charge in [0.2, 0.25) is 0 Å². The minimum atomic E-state index is -0.582. The minimum Gasteiger partial charge on any atom is -0.345 e. The van der Waals surface area contributed by atoms with E-state index in [0.717, 1.165) is 6.42 Å². The zero-order valence-corrected chi connectivity index (χ0v) is 11.0. The summed E-state index contributed by atoms with van der Waals surface area (Å²) in [7, 11) is 0. The molecule has 0 N–H and O–H groups in total. The molecule has 0 amide bonds. The van der Waals surface area contributed by atoms with E-state index in [-0.39, 0.29) is 6.10 Å². The Morgan fingerprint density at radius 1 is 1.37 bits per heavy atom. The van der Waals surface area contributed by atoms with Gasteiger partial charge in [-0.2, -0.15) is 0 Å². The lowest BCUT2D eigenvalue weighted by Crippen LogP contribution is -2.38. The lowest BCUT2D eigenvalue weighted by atomic mass is 10.0. The molecule has 1 aliphatic heterocycles. The van der Waals surface area contributed by atoms with E-state index in [2.05, 4.69) is 17.1 Å². The van der Waals surface area contributed by atoms with Crippen LogP contribution in [0.4, 0.5) is 0 Å². The number of rotatable bonds is 4. The second-order valence-corrected chi connectivity index (χ2v) is 5.05. The van der Waals surface area contributed by atoms with Crippen LogP contribution in [-0.2, 0) is 22.4 Å². The molecule has 2 aromatic rings. The number of ether oxygens (including phenoxy) is 2. The van der Waals surface area contributed by atoms with Crippen molar-refractivity contribution < 1.29 is 9.47 Å². The van der Waals surface area contributed by atoms with Crippen molar-refractivity contribution >= 4 is 0 Å². The molecule has 100 valence electrons. The van der Waals surface area contributed by atoms with Gasteiger partial charge in [0.25, 0.3) is 0 Å². The molecule has 3 rings (SSSR count). The number of aromatic nitrogens is 2. The van der Waals surface area contributed by atoms with Gasteiger partial charge < -0.3 is 14.0 Å². The van der Waals surface area contributed by atoms with Crippen LogP contribution in [0.15, 0.2) is 49.1 Å². The second kappa shape index (κ2) is 5.15. The van der Waals surface area contributed by atoms with E-state index < -0.39 is 5.79 Å². The van der Waals surface area contributed by atoms with Gasteiger partial charge in [0.1, 0.15) is 0 Å². The number of nitrogens with zero attached hydrogens (tertiary/aromatic N) is 2. The van der Waals surface area contributed by atoms with Crippen LogP contribution >= 0.6 is 0 Å². The van der Waals surface area contributed by atoms with E-state index >= 15 is 0 Å². The lowest BCUT2D eigenvalue weighted by Gasteiger charge is -2.28. The molecule has 0 bridgehead atoms. The summed E-state index contributed by atoms with van der Waals surface area (Å²) >= 11 is 0. The topological polar surface area (TPSA) is 36.3 Å². The first-order valence-corrected chi connectivity index (χ1v) is 6.57. The maximum absolute atomic E-state index is 6.06. The highest BCUT2D eigenvalue weighted by atomic mass is 16.7. The van der Waals surface area contributed by atoms with E-state index in [1.807, 2.05) is 35.9 Å². The molecule has 1 aliphatic rings. The number of imidazole rings is 1. The third-order valence-electron chi connectivity index (χ3n) is 3.30. The van der Waals surface area contributed by atoms with Crippen LogP contribution in [0.2, 0.25) is 0 Å². The van der Waals surface area contributed by atoms with Crippen molar-refractivity contribution in [3.63, 3.8) is 0 Å². The molecule has 0 radical (unpaired) electrons. The lowest BCUT2D eigenvalue weighted by molar-refractivity contribution is -0.175. The Morgan fingerprint density at radius 3 is 2.84 bits per heavy atom. The molecular formula is C15H18N2O2. The van der Waals surface area contributed by atoms with Crippen LogP contribution in [0.3, 0.4) is 0 Å². The summed E-state index contributed by atoms with van der Waals surface area (Å²) in [6, 6.07) is 10.3. The molecule has 2 atom stereocenters. The van der Waals surface area contributed by atoms with Crippen LogP contribution in [0.5, 0.6) is 0 Å². The highest BCUT2D eigenvalue weighted by molar-refractivity contribution is 5.16. The number of benzene rings is 1. The number of hydrogen-bond donors (Lipinski definition) is 0. The zero-order chi connectivity index (χ0) is 13.1. The summed E-state index contributed by atoms with van der Waals surface area (Å²) in [5, 5.41) is 0. The first-order chi connectivity index (χ1) is 9.26. The molecule has 1 aromatic carbocycles. The Balaban J connectivity index is 1.81. The van der Waals surface area contributed by atoms with Gasteiger partial charge in [-0.3, -0.25) is 0 Å². The van der Waals surface area contributed by atoms with Crippen LogP contribution in [0, 0.1) is 0 Å². The van der Waals surface area contributed by atoms with Gasteiger partial charge >= 0.3 is 0 Å². The van der Waals surface area contributed by atoms with Crippen molar-refractivity contribution in [2.45, 2.75) is 31.8 Å². The van der Waals surface area contributed by atoms with E-state index in [9.17, 15) is 0 Å². The van der Waals surface area contributed by atoms with Gasteiger partial charge in [-0.15, -0.1) is 0 Å². The highest BCUT2D eigenvalue weighted by Crippen LogP contribution is 2.29. The fourth-order valence-corrected chi connectivity index (χ4v) is 2.50. The summed E-state index contributed by atoms with van der Waals surface area (Å²) in [6.45, 7) is 3.34. The second-order valence-electron chi connectivity index (χ2n) is 5.05. The molecule has 4 nitrogen and oxygen atoms in total. The van der Waals surface area contributed by atoms with Gasteiger partial charge in [-0.05, 0) is 12.5 Å². The van der Waals surface area contributed by atoms with Gasteiger partial charge in [0.05, 0.1) is 25.6 Å². The first kappa shape index (κ1) is 12.4. The van der Waals surface area contributed by atoms with Crippen LogP contribution in [-0.4, -0.2) is 28.0 Å². The Bertz CT molecular complexity index is 512. The molecule has 0 saturated carbocycles. The molecule has 2 heterocycles. The molecule has 4 heteroatoms. The van der Waals surface area contributed by atoms with Crippen molar-refractivity contribution in [1.29, 1.82) is 0 Å². The zero-order valence-electron chi connectivity index (χ0n) is 11.0. The molecule has 1 aromatic heterocycles. The van der Waals surface area contributed by atoms with E-state index in [1.54, 1.807) is 12.5 Å². The Morgan fingerprint density at radius 2 is 2.21 bits per heavy atom. The summed E-state index contributed by atoms with van der Waals surface area (Å²) in [6.07, 6.45) is 6.38.